The van der Waals surface area contributed by atoms with E-state index in [1.54, 1.807) is 17.3 Å². The second kappa shape index (κ2) is 12.6. The molecule has 2 amide bonds. The number of ether oxygens (including phenoxy) is 1. The lowest BCUT2D eigenvalue weighted by atomic mass is 9.96. The van der Waals surface area contributed by atoms with E-state index in [4.69, 9.17) is 16.3 Å². The van der Waals surface area contributed by atoms with Gasteiger partial charge in [0.1, 0.15) is 12.1 Å². The molecule has 46 heavy (non-hydrogen) atoms. The number of rotatable bonds is 9. The van der Waals surface area contributed by atoms with E-state index in [1.807, 2.05) is 81.4 Å². The smallest absolute Gasteiger partial charge is 0.410 e. The molecule has 2 aromatic carbocycles. The summed E-state index contributed by atoms with van der Waals surface area (Å²) in [6.45, 7) is 6.85. The predicted molar refractivity (Wildman–Crippen MR) is 176 cm³/mol. The van der Waals surface area contributed by atoms with Crippen molar-refractivity contribution < 1.29 is 14.3 Å². The Bertz CT molecular complexity index is 1810. The van der Waals surface area contributed by atoms with Gasteiger partial charge in [-0.2, -0.15) is 0 Å². The van der Waals surface area contributed by atoms with Crippen molar-refractivity contribution in [1.82, 2.24) is 24.8 Å². The van der Waals surface area contributed by atoms with Gasteiger partial charge in [0, 0.05) is 29.7 Å². The van der Waals surface area contributed by atoms with Crippen molar-refractivity contribution in [1.29, 1.82) is 0 Å². The Labute approximate surface area is 272 Å². The highest BCUT2D eigenvalue weighted by Gasteiger charge is 2.44. The highest BCUT2D eigenvalue weighted by Crippen LogP contribution is 2.48. The number of hydrogen-bond acceptors (Lipinski definition) is 7. The highest BCUT2D eigenvalue weighted by molar-refractivity contribution is 6.30. The molecule has 6 rings (SSSR count). The third-order valence-electron chi connectivity index (χ3n) is 8.29. The van der Waals surface area contributed by atoms with Crippen LogP contribution in [0.3, 0.4) is 0 Å². The summed E-state index contributed by atoms with van der Waals surface area (Å²) < 4.78 is 6.96. The molecule has 0 saturated heterocycles. The first-order valence-corrected chi connectivity index (χ1v) is 15.7. The van der Waals surface area contributed by atoms with Crippen molar-refractivity contribution in [2.75, 3.05) is 11.9 Å². The van der Waals surface area contributed by atoms with Gasteiger partial charge in [-0.25, -0.2) is 9.78 Å². The maximum absolute atomic E-state index is 13.8. The molecular weight excluding hydrogens is 604 g/mol. The zero-order valence-electron chi connectivity index (χ0n) is 26.2. The predicted octanol–water partition coefficient (Wildman–Crippen LogP) is 5.67. The van der Waals surface area contributed by atoms with Crippen molar-refractivity contribution in [3.8, 4) is 11.3 Å². The summed E-state index contributed by atoms with van der Waals surface area (Å²) >= 11 is 6.09. The number of halogens is 1. The van der Waals surface area contributed by atoms with E-state index in [-0.39, 0.29) is 41.9 Å². The van der Waals surface area contributed by atoms with Gasteiger partial charge in [-0.15, -0.1) is 0 Å². The number of carbonyl (C=O) groups is 2. The minimum absolute atomic E-state index is 0.0765. The van der Waals surface area contributed by atoms with Crippen LogP contribution in [0.4, 0.5) is 10.6 Å². The van der Waals surface area contributed by atoms with Crippen LogP contribution in [-0.2, 0) is 41.1 Å². The lowest BCUT2D eigenvalue weighted by molar-refractivity contribution is -0.121. The molecule has 2 aromatic heterocycles. The normalized spacial score (nSPS) is 14.8. The Hall–Kier alpha value is -4.70. The molecule has 2 N–H and O–H groups in total. The maximum atomic E-state index is 13.8. The van der Waals surface area contributed by atoms with Crippen LogP contribution in [0.15, 0.2) is 77.9 Å². The summed E-state index contributed by atoms with van der Waals surface area (Å²) in [5.74, 6) is -0.128. The number of hydrogen-bond donors (Lipinski definition) is 2. The molecule has 0 bridgehead atoms. The molecule has 1 aliphatic heterocycles. The summed E-state index contributed by atoms with van der Waals surface area (Å²) in [4.78, 5) is 50.2. The van der Waals surface area contributed by atoms with Crippen molar-refractivity contribution in [3.63, 3.8) is 0 Å². The van der Waals surface area contributed by atoms with E-state index in [1.165, 1.54) is 10.1 Å². The van der Waals surface area contributed by atoms with Crippen molar-refractivity contribution in [3.05, 3.63) is 111 Å². The van der Waals surface area contributed by atoms with E-state index < -0.39 is 5.60 Å². The van der Waals surface area contributed by atoms with Gasteiger partial charge in [0.05, 0.1) is 30.7 Å². The largest absolute Gasteiger partial charge is 0.444 e. The number of nitrogens with one attached hydrogen (secondary N) is 2. The van der Waals surface area contributed by atoms with Gasteiger partial charge in [-0.1, -0.05) is 54.1 Å². The minimum Gasteiger partial charge on any atom is -0.444 e. The second-order valence-corrected chi connectivity index (χ2v) is 13.4. The molecule has 3 heterocycles. The molecule has 0 radical (unpaired) electrons. The number of anilines is 1. The SMILES string of the molecule is CC(C)(C)OC(=O)N1Cc2cc(CNC(=O)Cn3c(-c4ccccc4)cnc(NCC4(c5ccc(Cl)cc5)CC4)c3=O)cnc2C1. The molecule has 2 aliphatic rings. The van der Waals surface area contributed by atoms with Gasteiger partial charge in [-0.05, 0) is 74.1 Å². The maximum Gasteiger partial charge on any atom is 0.410 e. The lowest BCUT2D eigenvalue weighted by Crippen LogP contribution is -2.35. The van der Waals surface area contributed by atoms with Crippen LogP contribution >= 0.6 is 11.6 Å². The highest BCUT2D eigenvalue weighted by atomic mass is 35.5. The van der Waals surface area contributed by atoms with E-state index in [2.05, 4.69) is 20.6 Å². The average molecular weight is 641 g/mol. The Balaban J connectivity index is 1.15. The summed E-state index contributed by atoms with van der Waals surface area (Å²) in [5.41, 5.74) is 3.98. The van der Waals surface area contributed by atoms with Crippen LogP contribution in [0.2, 0.25) is 5.02 Å². The van der Waals surface area contributed by atoms with E-state index in [9.17, 15) is 14.4 Å². The Morgan fingerprint density at radius 1 is 1.00 bits per heavy atom. The van der Waals surface area contributed by atoms with Crippen molar-refractivity contribution in [2.45, 2.75) is 70.8 Å². The number of amides is 2. The molecule has 238 valence electrons. The monoisotopic (exact) mass is 640 g/mol. The minimum atomic E-state index is -0.584. The number of carbonyl (C=O) groups excluding carboxylic acids is 2. The first kappa shape index (κ1) is 31.3. The first-order valence-electron chi connectivity index (χ1n) is 15.4. The summed E-state index contributed by atoms with van der Waals surface area (Å²) in [6, 6.07) is 19.2. The standard InChI is InChI=1S/C35H37ClN6O4/c1-34(2,3)46-33(45)41-19-25-15-23(16-37-28(25)20-41)17-38-30(43)21-42-29(24-7-5-4-6-8-24)18-39-31(32(42)44)40-22-35(13-14-35)26-9-11-27(36)12-10-26/h4-12,15-16,18H,13-14,17,19-22H2,1-3H3,(H,38,43)(H,39,40). The zero-order chi connectivity index (χ0) is 32.5. The molecule has 11 heteroatoms. The van der Waals surface area contributed by atoms with E-state index in [0.717, 1.165) is 35.2 Å². The molecular formula is C35H37ClN6O4. The Morgan fingerprint density at radius 2 is 1.74 bits per heavy atom. The van der Waals surface area contributed by atoms with Crippen molar-refractivity contribution >= 4 is 29.4 Å². The fourth-order valence-electron chi connectivity index (χ4n) is 5.64. The average Bonchev–Trinajstić information content (AvgIpc) is 3.69. The van der Waals surface area contributed by atoms with Crippen LogP contribution in [0, 0.1) is 0 Å². The van der Waals surface area contributed by atoms with Gasteiger partial charge in [0.25, 0.3) is 5.56 Å². The van der Waals surface area contributed by atoms with E-state index in [0.29, 0.717) is 30.4 Å². The Morgan fingerprint density at radius 3 is 2.43 bits per heavy atom. The van der Waals surface area contributed by atoms with Gasteiger partial charge in [0.2, 0.25) is 5.91 Å². The fourth-order valence-corrected chi connectivity index (χ4v) is 5.77. The van der Waals surface area contributed by atoms with Gasteiger partial charge in [-0.3, -0.25) is 24.0 Å². The molecule has 0 spiro atoms. The molecule has 1 aliphatic carbocycles. The lowest BCUT2D eigenvalue weighted by Gasteiger charge is -2.23. The number of benzene rings is 2. The number of fused-ring (bicyclic) bond motifs is 1. The third kappa shape index (κ3) is 7.07. The number of aromatic nitrogens is 3. The quantitative estimate of drug-likeness (QED) is 0.242. The van der Waals surface area contributed by atoms with Crippen LogP contribution in [0.1, 0.15) is 56.0 Å². The van der Waals surface area contributed by atoms with Gasteiger partial charge >= 0.3 is 6.09 Å². The molecule has 4 aromatic rings. The zero-order valence-corrected chi connectivity index (χ0v) is 26.9. The Kier molecular flexibility index (Phi) is 8.57. The first-order chi connectivity index (χ1) is 22.0. The van der Waals surface area contributed by atoms with Crippen LogP contribution in [0.25, 0.3) is 11.3 Å². The number of nitrogens with zero attached hydrogens (tertiary/aromatic N) is 4. The van der Waals surface area contributed by atoms with Gasteiger partial charge < -0.3 is 15.4 Å². The summed E-state index contributed by atoms with van der Waals surface area (Å²) in [7, 11) is 0. The van der Waals surface area contributed by atoms with E-state index >= 15 is 0 Å². The van der Waals surface area contributed by atoms with Crippen LogP contribution < -0.4 is 16.2 Å². The van der Waals surface area contributed by atoms with Gasteiger partial charge in [0.15, 0.2) is 5.82 Å². The molecule has 0 unspecified atom stereocenters. The molecule has 0 atom stereocenters. The summed E-state index contributed by atoms with van der Waals surface area (Å²) in [6.07, 6.45) is 4.94. The van der Waals surface area contributed by atoms with Crippen LogP contribution in [0.5, 0.6) is 0 Å². The van der Waals surface area contributed by atoms with Crippen LogP contribution in [-0.4, -0.2) is 43.6 Å². The second-order valence-electron chi connectivity index (χ2n) is 13.0. The molecule has 1 fully saturated rings. The van der Waals surface area contributed by atoms with Crippen molar-refractivity contribution in [2.24, 2.45) is 0 Å². The third-order valence-corrected chi connectivity index (χ3v) is 8.54. The molecule has 10 nitrogen and oxygen atoms in total. The topological polar surface area (TPSA) is 118 Å². The number of pyridine rings is 1. The fraction of sp³-hybridized carbons (Fsp3) is 0.343. The summed E-state index contributed by atoms with van der Waals surface area (Å²) in [5, 5.41) is 6.88. The molecule has 1 saturated carbocycles.